The second-order valence-electron chi connectivity index (χ2n) is 4.88. The van der Waals surface area contributed by atoms with Crippen LogP contribution in [0.4, 0.5) is 5.69 Å². The molecule has 2 rings (SSSR count). The van der Waals surface area contributed by atoms with Crippen molar-refractivity contribution < 1.29 is 17.9 Å². The molecule has 0 saturated heterocycles. The van der Waals surface area contributed by atoms with E-state index >= 15 is 0 Å². The lowest BCUT2D eigenvalue weighted by molar-refractivity contribution is -0.387. The van der Waals surface area contributed by atoms with Crippen molar-refractivity contribution in [3.63, 3.8) is 0 Å². The fourth-order valence-electron chi connectivity index (χ4n) is 2.68. The predicted octanol–water partition coefficient (Wildman–Crippen LogP) is 3.54. The summed E-state index contributed by atoms with van der Waals surface area (Å²) in [7, 11) is -4.74. The largest absolute Gasteiger partial charge is 0.302 e. The van der Waals surface area contributed by atoms with E-state index in [2.05, 4.69) is 0 Å². The van der Waals surface area contributed by atoms with Gasteiger partial charge in [0.15, 0.2) is 4.90 Å². The number of nitro groups is 1. The first-order valence-electron chi connectivity index (χ1n) is 6.26. The van der Waals surface area contributed by atoms with Gasteiger partial charge in [-0.25, -0.2) is 0 Å². The molecule has 1 aliphatic carbocycles. The zero-order valence-corrected chi connectivity index (χ0v) is 12.2. The molecule has 0 aromatic heterocycles. The molecule has 0 heterocycles. The van der Waals surface area contributed by atoms with E-state index in [-0.39, 0.29) is 10.9 Å². The summed E-state index contributed by atoms with van der Waals surface area (Å²) < 4.78 is 32.0. The molecule has 0 aliphatic heterocycles. The number of halogens is 1. The number of benzene rings is 1. The topological polar surface area (TPSA) is 97.5 Å². The van der Waals surface area contributed by atoms with Crippen LogP contribution in [0.1, 0.15) is 43.6 Å². The minimum Gasteiger partial charge on any atom is -0.282 e. The predicted molar refractivity (Wildman–Crippen MR) is 73.7 cm³/mol. The van der Waals surface area contributed by atoms with Crippen LogP contribution in [0.2, 0.25) is 5.02 Å². The van der Waals surface area contributed by atoms with Crippen LogP contribution in [0.3, 0.4) is 0 Å². The van der Waals surface area contributed by atoms with Gasteiger partial charge in [0.25, 0.3) is 5.69 Å². The fourth-order valence-corrected chi connectivity index (χ4v) is 4.04. The van der Waals surface area contributed by atoms with Crippen LogP contribution < -0.4 is 0 Å². The number of nitro benzene ring substituents is 1. The van der Waals surface area contributed by atoms with Gasteiger partial charge in [-0.1, -0.05) is 36.9 Å². The first-order valence-corrected chi connectivity index (χ1v) is 8.08. The van der Waals surface area contributed by atoms with Gasteiger partial charge in [0.05, 0.1) is 9.95 Å². The Morgan fingerprint density at radius 1 is 1.25 bits per heavy atom. The van der Waals surface area contributed by atoms with Crippen LogP contribution in [-0.4, -0.2) is 17.9 Å². The van der Waals surface area contributed by atoms with E-state index in [1.807, 2.05) is 0 Å². The Kier molecular flexibility index (Phi) is 4.31. The summed E-state index contributed by atoms with van der Waals surface area (Å²) in [5.41, 5.74) is -0.137. The second kappa shape index (κ2) is 5.67. The Balaban J connectivity index is 2.60. The van der Waals surface area contributed by atoms with E-state index in [4.69, 9.17) is 11.6 Å². The summed E-state index contributed by atoms with van der Waals surface area (Å²) in [6, 6.07) is 2.59. The minimum absolute atomic E-state index is 0.0811. The van der Waals surface area contributed by atoms with Crippen LogP contribution in [0, 0.1) is 10.1 Å². The zero-order valence-electron chi connectivity index (χ0n) is 10.6. The van der Waals surface area contributed by atoms with Crippen molar-refractivity contribution in [2.45, 2.75) is 42.9 Å². The smallest absolute Gasteiger partial charge is 0.282 e. The number of rotatable bonds is 3. The highest BCUT2D eigenvalue weighted by Crippen LogP contribution is 2.41. The van der Waals surface area contributed by atoms with E-state index in [1.54, 1.807) is 0 Å². The molecular formula is C12H14ClNO5S. The van der Waals surface area contributed by atoms with E-state index in [1.165, 1.54) is 6.07 Å². The van der Waals surface area contributed by atoms with Gasteiger partial charge < -0.3 is 0 Å². The quantitative estimate of drug-likeness (QED) is 0.522. The van der Waals surface area contributed by atoms with Gasteiger partial charge in [-0.3, -0.25) is 14.7 Å². The van der Waals surface area contributed by atoms with Gasteiger partial charge in [-0.15, -0.1) is 0 Å². The summed E-state index contributed by atoms with van der Waals surface area (Å²) in [5.74, 6) is 0.0811. The maximum atomic E-state index is 11.4. The van der Waals surface area contributed by atoms with Crippen molar-refractivity contribution in [1.82, 2.24) is 0 Å². The molecule has 0 bridgehead atoms. The second-order valence-corrected chi connectivity index (χ2v) is 6.62. The molecule has 6 nitrogen and oxygen atoms in total. The van der Waals surface area contributed by atoms with Crippen LogP contribution >= 0.6 is 11.6 Å². The third kappa shape index (κ3) is 2.94. The Morgan fingerprint density at radius 3 is 2.35 bits per heavy atom. The van der Waals surface area contributed by atoms with Crippen molar-refractivity contribution in [2.24, 2.45) is 0 Å². The Morgan fingerprint density at radius 2 is 1.85 bits per heavy atom. The zero-order chi connectivity index (χ0) is 14.9. The number of hydrogen-bond donors (Lipinski definition) is 1. The highest BCUT2D eigenvalue weighted by atomic mass is 35.5. The lowest BCUT2D eigenvalue weighted by atomic mass is 9.84. The standard InChI is InChI=1S/C12H14ClNO5S/c13-11-9(8-4-2-1-3-5-8)6-7-10(14(15)16)12(11)20(17,18)19/h6-8H,1-5H2,(H,17,18,19). The average molecular weight is 320 g/mol. The van der Waals surface area contributed by atoms with Crippen molar-refractivity contribution >= 4 is 27.4 Å². The molecule has 0 radical (unpaired) electrons. The molecule has 1 saturated carbocycles. The molecule has 1 aliphatic rings. The number of nitrogens with zero attached hydrogens (tertiary/aromatic N) is 1. The van der Waals surface area contributed by atoms with Crippen molar-refractivity contribution in [1.29, 1.82) is 0 Å². The third-order valence-electron chi connectivity index (χ3n) is 3.61. The van der Waals surface area contributed by atoms with Crippen LogP contribution in [0.5, 0.6) is 0 Å². The van der Waals surface area contributed by atoms with E-state index in [9.17, 15) is 23.1 Å². The van der Waals surface area contributed by atoms with Gasteiger partial charge in [-0.05, 0) is 24.3 Å². The molecule has 8 heteroatoms. The van der Waals surface area contributed by atoms with Crippen LogP contribution in [0.15, 0.2) is 17.0 Å². The first-order chi connectivity index (χ1) is 9.32. The maximum absolute atomic E-state index is 11.4. The van der Waals surface area contributed by atoms with Gasteiger partial charge in [-0.2, -0.15) is 8.42 Å². The first kappa shape index (κ1) is 15.2. The molecule has 1 aromatic carbocycles. The van der Waals surface area contributed by atoms with Gasteiger partial charge in [0, 0.05) is 6.07 Å². The molecule has 0 spiro atoms. The maximum Gasteiger partial charge on any atom is 0.302 e. The lowest BCUT2D eigenvalue weighted by Crippen LogP contribution is -2.10. The monoisotopic (exact) mass is 319 g/mol. The van der Waals surface area contributed by atoms with E-state index in [0.29, 0.717) is 5.56 Å². The van der Waals surface area contributed by atoms with E-state index in [0.717, 1.165) is 38.2 Å². The van der Waals surface area contributed by atoms with Gasteiger partial charge in [0.2, 0.25) is 0 Å². The molecule has 110 valence electrons. The summed E-state index contributed by atoms with van der Waals surface area (Å²) >= 11 is 6.03. The molecule has 1 aromatic rings. The minimum atomic E-state index is -4.74. The molecule has 1 fully saturated rings. The van der Waals surface area contributed by atoms with Crippen molar-refractivity contribution in [3.8, 4) is 0 Å². The molecule has 0 unspecified atom stereocenters. The van der Waals surface area contributed by atoms with E-state index < -0.39 is 25.6 Å². The molecule has 20 heavy (non-hydrogen) atoms. The highest BCUT2D eigenvalue weighted by molar-refractivity contribution is 7.86. The lowest BCUT2D eigenvalue weighted by Gasteiger charge is -2.23. The molecular weight excluding hydrogens is 306 g/mol. The SMILES string of the molecule is O=[N+]([O-])c1ccc(C2CCCCC2)c(Cl)c1S(=O)(=O)O. The molecule has 1 N–H and O–H groups in total. The third-order valence-corrected chi connectivity index (χ3v) is 5.05. The van der Waals surface area contributed by atoms with Crippen LogP contribution in [-0.2, 0) is 10.1 Å². The summed E-state index contributed by atoms with van der Waals surface area (Å²) in [6.45, 7) is 0. The van der Waals surface area contributed by atoms with Crippen LogP contribution in [0.25, 0.3) is 0 Å². The van der Waals surface area contributed by atoms with Gasteiger partial charge in [0.1, 0.15) is 0 Å². The summed E-state index contributed by atoms with van der Waals surface area (Å²) in [5, 5.41) is 10.7. The normalized spacial score (nSPS) is 17.1. The number of hydrogen-bond acceptors (Lipinski definition) is 4. The Labute approximate surface area is 121 Å². The molecule has 0 atom stereocenters. The summed E-state index contributed by atoms with van der Waals surface area (Å²) in [6.07, 6.45) is 4.87. The average Bonchev–Trinajstić information content (AvgIpc) is 2.37. The van der Waals surface area contributed by atoms with Crippen molar-refractivity contribution in [2.75, 3.05) is 0 Å². The highest BCUT2D eigenvalue weighted by Gasteiger charge is 2.31. The van der Waals surface area contributed by atoms with Gasteiger partial charge >= 0.3 is 10.1 Å². The molecule has 0 amide bonds. The fraction of sp³-hybridized carbons (Fsp3) is 0.500. The van der Waals surface area contributed by atoms with Crippen molar-refractivity contribution in [3.05, 3.63) is 32.8 Å². The Hall–Kier alpha value is -1.18. The Bertz CT molecular complexity index is 637. The summed E-state index contributed by atoms with van der Waals surface area (Å²) in [4.78, 5) is 9.22.